The average Bonchev–Trinajstić information content (AvgIpc) is 1.25. The summed E-state index contributed by atoms with van der Waals surface area (Å²) >= 11 is 0. The molecule has 0 aromatic carbocycles. The summed E-state index contributed by atoms with van der Waals surface area (Å²) in [5.41, 5.74) is 0. The summed E-state index contributed by atoms with van der Waals surface area (Å²) in [5, 5.41) is 27.9. The van der Waals surface area contributed by atoms with Crippen molar-refractivity contribution in [3.8, 4) is 0 Å². The van der Waals surface area contributed by atoms with Crippen LogP contribution in [0.2, 0.25) is 0 Å². The van der Waals surface area contributed by atoms with Gasteiger partial charge in [0.1, 0.15) is 0 Å². The molecule has 0 amide bonds. The van der Waals surface area contributed by atoms with E-state index in [4.69, 9.17) is 30.0 Å². The van der Waals surface area contributed by atoms with Crippen molar-refractivity contribution in [2.45, 2.75) is 0 Å². The Balaban J connectivity index is -0.0000000300. The molecule has 0 radical (unpaired) electrons. The quantitative estimate of drug-likeness (QED) is 0.364. The number of rotatable bonds is 0. The van der Waals surface area contributed by atoms with Crippen molar-refractivity contribution in [2.24, 2.45) is 0 Å². The van der Waals surface area contributed by atoms with E-state index in [0.29, 0.717) is 0 Å². The monoisotopic (exact) mass is 205 g/mol. The Hall–Kier alpha value is -0.877. The molecule has 0 atom stereocenters. The van der Waals surface area contributed by atoms with Crippen molar-refractivity contribution in [3.05, 3.63) is 0 Å². The van der Waals surface area contributed by atoms with Crippen LogP contribution in [0.25, 0.3) is 0 Å². The van der Waals surface area contributed by atoms with Crippen LogP contribution in [-0.2, 0) is 19.5 Å². The van der Waals surface area contributed by atoms with Crippen molar-refractivity contribution >= 4 is 12.3 Å². The molecule has 0 aliphatic rings. The zero-order chi connectivity index (χ0) is 7.15. The Morgan fingerprint density at radius 2 is 0.800 bits per heavy atom. The van der Waals surface area contributed by atoms with E-state index in [9.17, 15) is 0 Å². The molecule has 0 saturated carbocycles. The maximum atomic E-state index is 8.56. The summed E-state index contributed by atoms with van der Waals surface area (Å²) in [6, 6.07) is 0. The minimum atomic E-state index is -1.83. The van der Waals surface area contributed by atoms with Gasteiger partial charge in [0.15, 0.2) is 0 Å². The van der Waals surface area contributed by atoms with E-state index in [1.54, 1.807) is 0 Å². The van der Waals surface area contributed by atoms with Crippen LogP contribution in [0.15, 0.2) is 0 Å². The molecule has 0 aliphatic carbocycles. The Morgan fingerprint density at radius 3 is 0.800 bits per heavy atom. The van der Waals surface area contributed by atoms with Gasteiger partial charge in [-0.15, -0.1) is 0 Å². The zero-order valence-corrected chi connectivity index (χ0v) is 7.99. The van der Waals surface area contributed by atoms with Gasteiger partial charge < -0.3 is 26.6 Å². The van der Waals surface area contributed by atoms with E-state index >= 15 is 0 Å². The van der Waals surface area contributed by atoms with Gasteiger partial charge in [0, 0.05) is 19.5 Å². The summed E-state index contributed by atoms with van der Waals surface area (Å²) in [4.78, 5) is 17.1. The minimum Gasteiger partial charge on any atom is -0.450 e. The smallest absolute Gasteiger partial charge is 0.450 e. The normalized spacial score (nSPS) is 4.80. The fraction of sp³-hybridized carbons (Fsp3) is 0. The molecule has 0 spiro atoms. The zero-order valence-electron chi connectivity index (χ0n) is 5.02. The largest absolute Gasteiger partial charge is 0.503 e. The van der Waals surface area contributed by atoms with Crippen LogP contribution in [-0.4, -0.2) is 32.7 Å². The Morgan fingerprint density at radius 1 is 0.800 bits per heavy atom. The molecule has 0 unspecified atom stereocenters. The van der Waals surface area contributed by atoms with Gasteiger partial charge >= 0.3 is 12.3 Å². The predicted molar refractivity (Wildman–Crippen MR) is 26.3 cm³/mol. The van der Waals surface area contributed by atoms with E-state index in [-0.39, 0.29) is 25.6 Å². The second-order valence-corrected chi connectivity index (χ2v) is 0.565. The van der Waals surface area contributed by atoms with Crippen LogP contribution in [0.4, 0.5) is 9.59 Å². The van der Waals surface area contributed by atoms with Crippen molar-refractivity contribution in [1.82, 2.24) is 6.15 Å². The SMILES string of the molecule is N.O=C(O)O.O=C(O)O.[Zn]. The van der Waals surface area contributed by atoms with E-state index in [2.05, 4.69) is 0 Å². The molecular weight excluding hydrogens is 199 g/mol. The van der Waals surface area contributed by atoms with Gasteiger partial charge in [0.05, 0.1) is 0 Å². The number of carbonyl (C=O) groups is 2. The summed E-state index contributed by atoms with van der Waals surface area (Å²) in [5.74, 6) is 0. The fourth-order valence-electron chi connectivity index (χ4n) is 0. The first-order valence-corrected chi connectivity index (χ1v) is 1.30. The molecule has 0 fully saturated rings. The summed E-state index contributed by atoms with van der Waals surface area (Å²) in [6.45, 7) is 0. The van der Waals surface area contributed by atoms with Crippen molar-refractivity contribution in [1.29, 1.82) is 0 Å². The molecule has 0 aliphatic heterocycles. The molecule has 7 nitrogen and oxygen atoms in total. The van der Waals surface area contributed by atoms with Crippen LogP contribution < -0.4 is 6.15 Å². The first-order chi connectivity index (χ1) is 3.46. The van der Waals surface area contributed by atoms with Gasteiger partial charge in [-0.1, -0.05) is 0 Å². The molecule has 0 bridgehead atoms. The summed E-state index contributed by atoms with van der Waals surface area (Å²) in [6.07, 6.45) is -3.67. The third kappa shape index (κ3) is 348. The molecule has 0 aromatic rings. The Labute approximate surface area is 68.6 Å². The van der Waals surface area contributed by atoms with Crippen LogP contribution in [0.3, 0.4) is 0 Å². The van der Waals surface area contributed by atoms with Gasteiger partial charge in [-0.2, -0.15) is 0 Å². The van der Waals surface area contributed by atoms with Crippen LogP contribution in [0.1, 0.15) is 0 Å². The average molecular weight is 206 g/mol. The van der Waals surface area contributed by atoms with Crippen molar-refractivity contribution in [3.63, 3.8) is 0 Å². The Kier molecular flexibility index (Phi) is 36.0. The summed E-state index contributed by atoms with van der Waals surface area (Å²) in [7, 11) is 0. The molecule has 0 rings (SSSR count). The first kappa shape index (κ1) is 22.9. The number of hydrogen-bond donors (Lipinski definition) is 5. The van der Waals surface area contributed by atoms with Crippen LogP contribution in [0.5, 0.6) is 0 Å². The first-order valence-electron chi connectivity index (χ1n) is 1.30. The molecule has 0 saturated heterocycles. The van der Waals surface area contributed by atoms with E-state index < -0.39 is 12.3 Å². The molecule has 8 heteroatoms. The molecule has 10 heavy (non-hydrogen) atoms. The molecule has 0 aromatic heterocycles. The van der Waals surface area contributed by atoms with Gasteiger partial charge in [-0.25, -0.2) is 9.59 Å². The molecule has 58 valence electrons. The number of hydrogen-bond acceptors (Lipinski definition) is 3. The topological polar surface area (TPSA) is 150 Å². The Bertz CT molecular complexity index is 73.7. The third-order valence-corrected chi connectivity index (χ3v) is 0. The third-order valence-electron chi connectivity index (χ3n) is 0. The molecule has 7 N–H and O–H groups in total. The van der Waals surface area contributed by atoms with Crippen molar-refractivity contribution < 1.29 is 49.5 Å². The second-order valence-electron chi connectivity index (χ2n) is 0.565. The van der Waals surface area contributed by atoms with Crippen LogP contribution >= 0.6 is 0 Å². The second kappa shape index (κ2) is 15.7. The maximum Gasteiger partial charge on any atom is 0.503 e. The van der Waals surface area contributed by atoms with Gasteiger partial charge in [0.2, 0.25) is 0 Å². The summed E-state index contributed by atoms with van der Waals surface area (Å²) < 4.78 is 0. The van der Waals surface area contributed by atoms with E-state index in [1.807, 2.05) is 0 Å². The van der Waals surface area contributed by atoms with E-state index in [0.717, 1.165) is 0 Å². The standard InChI is InChI=1S/2CH2O3.H3N.Zn/c2*2-1(3)4;;/h2*(H2,2,3,4);1H3;. The predicted octanol–water partition coefficient (Wildman–Crippen LogP) is 0.604. The van der Waals surface area contributed by atoms with Crippen LogP contribution in [0, 0.1) is 0 Å². The number of carboxylic acid groups (broad SMARTS) is 4. The van der Waals surface area contributed by atoms with Crippen molar-refractivity contribution in [2.75, 3.05) is 0 Å². The fourth-order valence-corrected chi connectivity index (χ4v) is 0. The van der Waals surface area contributed by atoms with E-state index in [1.165, 1.54) is 0 Å². The van der Waals surface area contributed by atoms with Gasteiger partial charge in [0.25, 0.3) is 0 Å². The molecule has 0 heterocycles. The maximum absolute atomic E-state index is 8.56. The van der Waals surface area contributed by atoms with Gasteiger partial charge in [-0.3, -0.25) is 0 Å². The minimum absolute atomic E-state index is 0. The molecular formula is C2H7NO6Zn. The van der Waals surface area contributed by atoms with Gasteiger partial charge in [-0.05, 0) is 0 Å².